The number of unbranched alkanes of at least 4 members (excludes halogenated alkanes) is 2. The van der Waals surface area contributed by atoms with E-state index >= 15 is 0 Å². The van der Waals surface area contributed by atoms with E-state index in [-0.39, 0.29) is 0 Å². The molecule has 0 aliphatic rings. The fraction of sp³-hybridized carbons (Fsp3) is 0.600. The van der Waals surface area contributed by atoms with Crippen LogP contribution in [0.25, 0.3) is 0 Å². The topological polar surface area (TPSA) is 18.5 Å². The molecule has 18 heavy (non-hydrogen) atoms. The summed E-state index contributed by atoms with van der Waals surface area (Å²) < 4.78 is 11.6. The Morgan fingerprint density at radius 2 is 1.50 bits per heavy atom. The minimum absolute atomic E-state index is 0.864. The fourth-order valence-electron chi connectivity index (χ4n) is 2.02. The molecule has 2 nitrogen and oxygen atoms in total. The van der Waals surface area contributed by atoms with Crippen LogP contribution >= 0.6 is 0 Å². The summed E-state index contributed by atoms with van der Waals surface area (Å²) >= 11 is 0. The fourth-order valence-corrected chi connectivity index (χ4v) is 4.83. The average molecular weight is 266 g/mol. The smallest absolute Gasteiger partial charge is 0.235 e. The van der Waals surface area contributed by atoms with Gasteiger partial charge in [-0.15, -0.1) is 0 Å². The zero-order valence-electron chi connectivity index (χ0n) is 11.9. The van der Waals surface area contributed by atoms with Gasteiger partial charge in [-0.05, 0) is 24.2 Å². The number of benzene rings is 1. The molecule has 0 aromatic heterocycles. The van der Waals surface area contributed by atoms with Gasteiger partial charge in [-0.25, -0.2) is 0 Å². The number of methoxy groups -OCH3 is 1. The predicted molar refractivity (Wildman–Crippen MR) is 80.2 cm³/mol. The van der Waals surface area contributed by atoms with Gasteiger partial charge in [0.2, 0.25) is 9.04 Å². The molecule has 0 fully saturated rings. The van der Waals surface area contributed by atoms with Gasteiger partial charge < -0.3 is 9.16 Å². The van der Waals surface area contributed by atoms with Crippen LogP contribution in [-0.2, 0) is 0 Å². The third kappa shape index (κ3) is 5.13. The van der Waals surface area contributed by atoms with Gasteiger partial charge in [-0.2, -0.15) is 0 Å². The Bertz CT molecular complexity index is 320. The Hall–Kier alpha value is -0.963. The van der Waals surface area contributed by atoms with Gasteiger partial charge in [0.25, 0.3) is 0 Å². The van der Waals surface area contributed by atoms with Crippen LogP contribution in [0.5, 0.6) is 11.5 Å². The molecule has 0 unspecified atom stereocenters. The van der Waals surface area contributed by atoms with Crippen molar-refractivity contribution in [3.8, 4) is 11.5 Å². The number of ether oxygens (including phenoxy) is 1. The molecular weight excluding hydrogens is 240 g/mol. The highest BCUT2D eigenvalue weighted by Crippen LogP contribution is 2.28. The van der Waals surface area contributed by atoms with Crippen LogP contribution in [0.2, 0.25) is 12.1 Å². The molecule has 0 aliphatic heterocycles. The van der Waals surface area contributed by atoms with E-state index in [0.717, 1.165) is 11.5 Å². The molecule has 1 aromatic rings. The minimum atomic E-state index is -1.12. The maximum absolute atomic E-state index is 6.25. The Kier molecular flexibility index (Phi) is 7.57. The van der Waals surface area contributed by atoms with Crippen molar-refractivity contribution in [2.45, 2.75) is 51.6 Å². The predicted octanol–water partition coefficient (Wildman–Crippen LogP) is 4.40. The molecule has 0 N–H and O–H groups in total. The second-order valence-electron chi connectivity index (χ2n) is 4.68. The van der Waals surface area contributed by atoms with Gasteiger partial charge in [0.1, 0.15) is 5.75 Å². The van der Waals surface area contributed by atoms with E-state index in [1.807, 2.05) is 24.3 Å². The molecule has 0 heterocycles. The van der Waals surface area contributed by atoms with E-state index < -0.39 is 9.04 Å². The lowest BCUT2D eigenvalue weighted by atomic mass is 10.3. The van der Waals surface area contributed by atoms with Gasteiger partial charge >= 0.3 is 0 Å². The Morgan fingerprint density at radius 1 is 0.944 bits per heavy atom. The normalized spacial score (nSPS) is 10.7. The zero-order valence-corrected chi connectivity index (χ0v) is 13.1. The van der Waals surface area contributed by atoms with Crippen LogP contribution in [-0.4, -0.2) is 16.2 Å². The number of para-hydroxylation sites is 2. The molecule has 1 aromatic carbocycles. The standard InChI is InChI=1S/C15H26O2Si/c1-4-6-12-18(13-7-5-2)17-15-11-9-8-10-14(15)16-3/h8-11,18H,4-7,12-13H2,1-3H3. The van der Waals surface area contributed by atoms with Crippen LogP contribution in [0.4, 0.5) is 0 Å². The largest absolute Gasteiger partial charge is 0.544 e. The van der Waals surface area contributed by atoms with Crippen LogP contribution in [0.1, 0.15) is 39.5 Å². The highest BCUT2D eigenvalue weighted by Gasteiger charge is 2.14. The van der Waals surface area contributed by atoms with E-state index in [4.69, 9.17) is 9.16 Å². The third-order valence-corrected chi connectivity index (χ3v) is 5.81. The lowest BCUT2D eigenvalue weighted by Crippen LogP contribution is -2.21. The highest BCUT2D eigenvalue weighted by atomic mass is 28.3. The van der Waals surface area contributed by atoms with Gasteiger partial charge in [0.05, 0.1) is 7.11 Å². The molecule has 0 aliphatic carbocycles. The van der Waals surface area contributed by atoms with Gasteiger partial charge in [-0.1, -0.05) is 51.7 Å². The molecule has 1 rings (SSSR count). The first kappa shape index (κ1) is 15.1. The molecule has 0 saturated heterocycles. The maximum atomic E-state index is 6.25. The highest BCUT2D eigenvalue weighted by molar-refractivity contribution is 6.52. The van der Waals surface area contributed by atoms with Crippen molar-refractivity contribution < 1.29 is 9.16 Å². The molecule has 0 saturated carbocycles. The second-order valence-corrected chi connectivity index (χ2v) is 7.31. The van der Waals surface area contributed by atoms with Gasteiger partial charge in [0.15, 0.2) is 5.75 Å². The first-order valence-electron chi connectivity index (χ1n) is 7.11. The quantitative estimate of drug-likeness (QED) is 0.617. The molecule has 0 atom stereocenters. The van der Waals surface area contributed by atoms with Crippen LogP contribution in [0, 0.1) is 0 Å². The Balaban J connectivity index is 2.62. The Labute approximate surface area is 113 Å². The van der Waals surface area contributed by atoms with E-state index in [9.17, 15) is 0 Å². The number of hydrogen-bond acceptors (Lipinski definition) is 2. The first-order valence-corrected chi connectivity index (χ1v) is 9.21. The molecule has 0 radical (unpaired) electrons. The van der Waals surface area contributed by atoms with Gasteiger partial charge in [-0.3, -0.25) is 0 Å². The van der Waals surface area contributed by atoms with Crippen molar-refractivity contribution in [1.29, 1.82) is 0 Å². The van der Waals surface area contributed by atoms with E-state index in [0.29, 0.717) is 0 Å². The summed E-state index contributed by atoms with van der Waals surface area (Å²) in [5.41, 5.74) is 0. The summed E-state index contributed by atoms with van der Waals surface area (Å²) in [5, 5.41) is 0. The summed E-state index contributed by atoms with van der Waals surface area (Å²) in [6, 6.07) is 10.5. The van der Waals surface area contributed by atoms with Crippen molar-refractivity contribution in [2.24, 2.45) is 0 Å². The van der Waals surface area contributed by atoms with E-state index in [1.54, 1.807) is 7.11 Å². The lowest BCUT2D eigenvalue weighted by molar-refractivity contribution is 0.392. The van der Waals surface area contributed by atoms with E-state index in [1.165, 1.54) is 37.8 Å². The molecule has 0 spiro atoms. The monoisotopic (exact) mass is 266 g/mol. The summed E-state index contributed by atoms with van der Waals surface area (Å²) in [5.74, 6) is 1.80. The second kappa shape index (κ2) is 9.03. The Morgan fingerprint density at radius 3 is 2.00 bits per heavy atom. The molecular formula is C15H26O2Si. The average Bonchev–Trinajstić information content (AvgIpc) is 2.42. The van der Waals surface area contributed by atoms with Gasteiger partial charge in [0, 0.05) is 0 Å². The maximum Gasteiger partial charge on any atom is 0.235 e. The molecule has 0 amide bonds. The molecule has 3 heteroatoms. The molecule has 0 bridgehead atoms. The summed E-state index contributed by atoms with van der Waals surface area (Å²) in [4.78, 5) is 0. The summed E-state index contributed by atoms with van der Waals surface area (Å²) in [7, 11) is 0.587. The lowest BCUT2D eigenvalue weighted by Gasteiger charge is -2.19. The summed E-state index contributed by atoms with van der Waals surface area (Å²) in [6.07, 6.45) is 5.08. The van der Waals surface area contributed by atoms with Crippen molar-refractivity contribution in [1.82, 2.24) is 0 Å². The van der Waals surface area contributed by atoms with Crippen LogP contribution in [0.3, 0.4) is 0 Å². The summed E-state index contributed by atoms with van der Waals surface area (Å²) in [6.45, 7) is 4.49. The third-order valence-electron chi connectivity index (χ3n) is 3.12. The van der Waals surface area contributed by atoms with Crippen LogP contribution < -0.4 is 9.16 Å². The van der Waals surface area contributed by atoms with Crippen molar-refractivity contribution in [2.75, 3.05) is 7.11 Å². The van der Waals surface area contributed by atoms with Crippen molar-refractivity contribution in [3.63, 3.8) is 0 Å². The number of hydrogen-bond donors (Lipinski definition) is 0. The van der Waals surface area contributed by atoms with Crippen molar-refractivity contribution in [3.05, 3.63) is 24.3 Å². The number of rotatable bonds is 9. The van der Waals surface area contributed by atoms with Crippen LogP contribution in [0.15, 0.2) is 24.3 Å². The molecule has 102 valence electrons. The van der Waals surface area contributed by atoms with E-state index in [2.05, 4.69) is 13.8 Å². The first-order chi connectivity index (χ1) is 8.81. The zero-order chi connectivity index (χ0) is 13.2. The SMILES string of the molecule is CCCC[SiH](CCCC)Oc1ccccc1OC. The minimum Gasteiger partial charge on any atom is -0.544 e. The van der Waals surface area contributed by atoms with Crippen molar-refractivity contribution >= 4 is 9.04 Å².